The van der Waals surface area contributed by atoms with Gasteiger partial charge in [0.25, 0.3) is 0 Å². The van der Waals surface area contributed by atoms with Gasteiger partial charge in [-0.25, -0.2) is 8.78 Å². The summed E-state index contributed by atoms with van der Waals surface area (Å²) in [5, 5.41) is 2.36. The molecule has 5 heteroatoms. The number of hydrogen-bond donors (Lipinski definition) is 1. The minimum absolute atomic E-state index is 0.0354. The lowest BCUT2D eigenvalue weighted by molar-refractivity contribution is 0.368. The summed E-state index contributed by atoms with van der Waals surface area (Å²) in [5.74, 6) is -1.18. The van der Waals surface area contributed by atoms with E-state index in [4.69, 9.17) is 11.6 Å². The number of hydrazine groups is 1. The highest BCUT2D eigenvalue weighted by molar-refractivity contribution is 6.30. The summed E-state index contributed by atoms with van der Waals surface area (Å²) >= 11 is 5.94. The molecule has 0 aromatic heterocycles. The lowest BCUT2D eigenvalue weighted by Crippen LogP contribution is -2.32. The first kappa shape index (κ1) is 15.6. The molecule has 0 amide bonds. The summed E-state index contributed by atoms with van der Waals surface area (Å²) < 4.78 is 28.6. The first-order valence-corrected chi connectivity index (χ1v) is 7.48. The number of halogens is 3. The molecule has 0 aliphatic carbocycles. The third-order valence-electron chi connectivity index (χ3n) is 3.68. The number of hydrogen-bond acceptors (Lipinski definition) is 2. The molecule has 1 heterocycles. The Morgan fingerprint density at radius 1 is 1.00 bits per heavy atom. The molecule has 1 aliphatic heterocycles. The molecule has 0 saturated carbocycles. The smallest absolute Gasteiger partial charge is 0.134 e. The molecule has 0 radical (unpaired) electrons. The molecule has 2 nitrogen and oxygen atoms in total. The van der Waals surface area contributed by atoms with Crippen molar-refractivity contribution in [3.8, 4) is 0 Å². The van der Waals surface area contributed by atoms with Gasteiger partial charge in [0, 0.05) is 35.1 Å². The first-order chi connectivity index (χ1) is 11.0. The monoisotopic (exact) mass is 332 g/mol. The zero-order chi connectivity index (χ0) is 16.6. The van der Waals surface area contributed by atoms with Crippen molar-refractivity contribution in [1.82, 2.24) is 10.4 Å². The van der Waals surface area contributed by atoms with Gasteiger partial charge in [-0.05, 0) is 36.8 Å². The molecule has 23 heavy (non-hydrogen) atoms. The number of nitrogens with zero attached hydrogens (tertiary/aromatic N) is 1. The van der Waals surface area contributed by atoms with E-state index in [9.17, 15) is 8.78 Å². The van der Waals surface area contributed by atoms with Crippen LogP contribution in [-0.4, -0.2) is 12.1 Å². The molecule has 0 bridgehead atoms. The van der Waals surface area contributed by atoms with Crippen molar-refractivity contribution < 1.29 is 8.78 Å². The van der Waals surface area contributed by atoms with Crippen molar-refractivity contribution >= 4 is 22.7 Å². The van der Waals surface area contributed by atoms with E-state index in [2.05, 4.69) is 5.43 Å². The van der Waals surface area contributed by atoms with Gasteiger partial charge in [0.15, 0.2) is 0 Å². The normalized spacial score (nSPS) is 14.7. The quantitative estimate of drug-likeness (QED) is 0.846. The highest BCUT2D eigenvalue weighted by Gasteiger charge is 2.24. The Labute approximate surface area is 138 Å². The topological polar surface area (TPSA) is 15.3 Å². The van der Waals surface area contributed by atoms with Gasteiger partial charge in [0.05, 0.1) is 5.56 Å². The maximum absolute atomic E-state index is 14.3. The van der Waals surface area contributed by atoms with Gasteiger partial charge in [-0.3, -0.25) is 5.01 Å². The van der Waals surface area contributed by atoms with Gasteiger partial charge in [-0.2, -0.15) is 0 Å². The van der Waals surface area contributed by atoms with Crippen molar-refractivity contribution in [2.45, 2.75) is 6.92 Å². The molecule has 1 aliphatic rings. The van der Waals surface area contributed by atoms with Gasteiger partial charge in [0.2, 0.25) is 0 Å². The van der Waals surface area contributed by atoms with E-state index < -0.39 is 11.6 Å². The molecule has 0 saturated heterocycles. The van der Waals surface area contributed by atoms with Crippen LogP contribution in [0.4, 0.5) is 8.78 Å². The molecule has 3 rings (SSSR count). The van der Waals surface area contributed by atoms with Crippen molar-refractivity contribution in [2.75, 3.05) is 7.05 Å². The van der Waals surface area contributed by atoms with Crippen molar-refractivity contribution in [1.29, 1.82) is 0 Å². The van der Waals surface area contributed by atoms with Crippen LogP contribution >= 0.6 is 11.6 Å². The fourth-order valence-electron chi connectivity index (χ4n) is 2.72. The predicted molar refractivity (Wildman–Crippen MR) is 89.3 cm³/mol. The zero-order valence-electron chi connectivity index (χ0n) is 12.7. The Balaban J connectivity index is 2.21. The Hall–Kier alpha value is -2.33. The van der Waals surface area contributed by atoms with Crippen LogP contribution in [-0.2, 0) is 0 Å². The summed E-state index contributed by atoms with van der Waals surface area (Å²) in [6.07, 6.45) is 1.80. The number of nitrogens with one attached hydrogen (secondary N) is 1. The summed E-state index contributed by atoms with van der Waals surface area (Å²) in [5.41, 5.74) is 5.77. The minimum atomic E-state index is -0.592. The van der Waals surface area contributed by atoms with Crippen molar-refractivity contribution in [2.24, 2.45) is 0 Å². The molecule has 118 valence electrons. The number of benzene rings is 2. The SMILES string of the molecule is CC1=C(c2c(F)cccc2F)C(c2ccc(Cl)cc2)=CN(C)N1. The highest BCUT2D eigenvalue weighted by Crippen LogP contribution is 2.38. The molecule has 0 fully saturated rings. The van der Waals surface area contributed by atoms with Crippen molar-refractivity contribution in [3.05, 3.63) is 82.1 Å². The maximum Gasteiger partial charge on any atom is 0.134 e. The molecule has 2 aromatic carbocycles. The third-order valence-corrected chi connectivity index (χ3v) is 3.93. The van der Waals surface area contributed by atoms with Gasteiger partial charge < -0.3 is 5.43 Å². The predicted octanol–water partition coefficient (Wildman–Crippen LogP) is 4.84. The van der Waals surface area contributed by atoms with E-state index in [0.29, 0.717) is 16.3 Å². The third kappa shape index (κ3) is 2.94. The Kier molecular flexibility index (Phi) is 4.09. The first-order valence-electron chi connectivity index (χ1n) is 7.10. The van der Waals surface area contributed by atoms with Crippen LogP contribution in [0.25, 0.3) is 11.1 Å². The van der Waals surface area contributed by atoms with E-state index in [1.165, 1.54) is 18.2 Å². The fourth-order valence-corrected chi connectivity index (χ4v) is 2.85. The van der Waals surface area contributed by atoms with Crippen LogP contribution < -0.4 is 5.43 Å². The van der Waals surface area contributed by atoms with E-state index in [1.54, 1.807) is 30.3 Å². The summed E-state index contributed by atoms with van der Waals surface area (Å²) in [7, 11) is 1.83. The number of allylic oxidation sites excluding steroid dienone is 3. The van der Waals surface area contributed by atoms with Crippen LogP contribution in [0.3, 0.4) is 0 Å². The van der Waals surface area contributed by atoms with Crippen LogP contribution in [0.1, 0.15) is 18.1 Å². The second-order valence-corrected chi connectivity index (χ2v) is 5.81. The van der Waals surface area contributed by atoms with Gasteiger partial charge in [-0.1, -0.05) is 29.8 Å². The van der Waals surface area contributed by atoms with E-state index >= 15 is 0 Å². The van der Waals surface area contributed by atoms with Crippen LogP contribution in [0.5, 0.6) is 0 Å². The van der Waals surface area contributed by atoms with Gasteiger partial charge >= 0.3 is 0 Å². The molecule has 2 aromatic rings. The Bertz CT molecular complexity index is 790. The Morgan fingerprint density at radius 3 is 2.22 bits per heavy atom. The Morgan fingerprint density at radius 2 is 1.61 bits per heavy atom. The molecular formula is C18H15ClF2N2. The minimum Gasteiger partial charge on any atom is -0.303 e. The lowest BCUT2D eigenvalue weighted by atomic mass is 9.90. The molecule has 0 atom stereocenters. The van der Waals surface area contributed by atoms with Crippen LogP contribution in [0.15, 0.2) is 54.4 Å². The van der Waals surface area contributed by atoms with E-state index in [-0.39, 0.29) is 5.56 Å². The van der Waals surface area contributed by atoms with Gasteiger partial charge in [0.1, 0.15) is 11.6 Å². The van der Waals surface area contributed by atoms with Crippen molar-refractivity contribution in [3.63, 3.8) is 0 Å². The summed E-state index contributed by atoms with van der Waals surface area (Å²) in [6.45, 7) is 1.79. The summed E-state index contributed by atoms with van der Waals surface area (Å²) in [6, 6.07) is 11.1. The largest absolute Gasteiger partial charge is 0.303 e. The summed E-state index contributed by atoms with van der Waals surface area (Å²) in [4.78, 5) is 0. The zero-order valence-corrected chi connectivity index (χ0v) is 13.5. The molecule has 0 unspecified atom stereocenters. The maximum atomic E-state index is 14.3. The van der Waals surface area contributed by atoms with E-state index in [0.717, 1.165) is 11.1 Å². The molecule has 0 spiro atoms. The van der Waals surface area contributed by atoms with E-state index in [1.807, 2.05) is 19.2 Å². The molecular weight excluding hydrogens is 318 g/mol. The average molecular weight is 333 g/mol. The highest BCUT2D eigenvalue weighted by atomic mass is 35.5. The van der Waals surface area contributed by atoms with Crippen LogP contribution in [0, 0.1) is 11.6 Å². The lowest BCUT2D eigenvalue weighted by Gasteiger charge is -2.29. The second kappa shape index (κ2) is 6.05. The number of rotatable bonds is 2. The molecule has 1 N–H and O–H groups in total. The second-order valence-electron chi connectivity index (χ2n) is 5.37. The fraction of sp³-hybridized carbons (Fsp3) is 0.111. The standard InChI is InChI=1S/C18H15ClF2N2/c1-11-17(18-15(20)4-3-5-16(18)21)14(10-23(2)22-11)12-6-8-13(19)9-7-12/h3-10,22H,1-2H3. The van der Waals surface area contributed by atoms with Crippen LogP contribution in [0.2, 0.25) is 5.02 Å². The van der Waals surface area contributed by atoms with Gasteiger partial charge in [-0.15, -0.1) is 0 Å². The average Bonchev–Trinajstić information content (AvgIpc) is 2.49.